The number of nitrogens with two attached hydrogens (primary N) is 1. The van der Waals surface area contributed by atoms with Crippen LogP contribution in [-0.2, 0) is 6.54 Å². The van der Waals surface area contributed by atoms with E-state index in [0.29, 0.717) is 12.3 Å². The number of nitrogens with one attached hydrogen (secondary N) is 2. The van der Waals surface area contributed by atoms with Gasteiger partial charge in [-0.25, -0.2) is 4.79 Å². The van der Waals surface area contributed by atoms with E-state index in [1.165, 1.54) is 25.5 Å². The van der Waals surface area contributed by atoms with Crippen LogP contribution in [-0.4, -0.2) is 23.4 Å². The molecule has 20 heavy (non-hydrogen) atoms. The van der Waals surface area contributed by atoms with Crippen molar-refractivity contribution in [3.05, 3.63) is 24.2 Å². The van der Waals surface area contributed by atoms with Crippen molar-refractivity contribution in [3.63, 3.8) is 0 Å². The topological polar surface area (TPSA) is 95.4 Å². The van der Waals surface area contributed by atoms with Crippen LogP contribution >= 0.6 is 0 Å². The van der Waals surface area contributed by atoms with Gasteiger partial charge in [-0.2, -0.15) is 0 Å². The molecule has 0 saturated carbocycles. The van der Waals surface area contributed by atoms with Crippen LogP contribution in [0.15, 0.2) is 22.8 Å². The summed E-state index contributed by atoms with van der Waals surface area (Å²) in [6, 6.07) is 3.12. The first-order chi connectivity index (χ1) is 9.65. The molecule has 0 spiro atoms. The minimum atomic E-state index is -0.357. The highest BCUT2D eigenvalue weighted by Gasteiger charge is 2.17. The second-order valence-electron chi connectivity index (χ2n) is 4.70. The zero-order chi connectivity index (χ0) is 14.8. The van der Waals surface area contributed by atoms with E-state index in [1.807, 2.05) is 0 Å². The molecule has 6 heteroatoms. The van der Waals surface area contributed by atoms with Crippen molar-refractivity contribution >= 4 is 12.0 Å². The van der Waals surface area contributed by atoms with Crippen LogP contribution in [0.4, 0.5) is 4.79 Å². The van der Waals surface area contributed by atoms with Gasteiger partial charge in [0.25, 0.3) is 0 Å². The molecule has 0 aliphatic carbocycles. The summed E-state index contributed by atoms with van der Waals surface area (Å²) in [5.41, 5.74) is 5.43. The monoisotopic (exact) mass is 280 g/mol. The number of unbranched alkanes of at least 4 members (excludes halogenated alkanes) is 4. The lowest BCUT2D eigenvalue weighted by Gasteiger charge is -2.19. The standard InChI is InChI=1S/C14H24N4O2/c1-2-3-4-5-6-9-17-14(19)18(13(15)16)11-12-8-7-10-20-12/h7-8,10H,2-6,9,11H2,1H3,(H3,15,16)(H,17,19). The minimum absolute atomic E-state index is 0.171. The minimum Gasteiger partial charge on any atom is -0.467 e. The number of nitrogens with zero attached hydrogens (tertiary/aromatic N) is 1. The van der Waals surface area contributed by atoms with E-state index in [4.69, 9.17) is 15.6 Å². The fourth-order valence-electron chi connectivity index (χ4n) is 1.84. The number of hydrogen-bond donors (Lipinski definition) is 3. The Morgan fingerprint density at radius 3 is 2.75 bits per heavy atom. The van der Waals surface area contributed by atoms with Crippen LogP contribution in [0.2, 0.25) is 0 Å². The van der Waals surface area contributed by atoms with Crippen LogP contribution < -0.4 is 11.1 Å². The van der Waals surface area contributed by atoms with Crippen LogP contribution in [0.25, 0.3) is 0 Å². The molecule has 2 amide bonds. The maximum atomic E-state index is 12.0. The Bertz CT molecular complexity index is 403. The first-order valence-electron chi connectivity index (χ1n) is 7.07. The summed E-state index contributed by atoms with van der Waals surface area (Å²) in [7, 11) is 0. The first-order valence-corrected chi connectivity index (χ1v) is 7.07. The molecule has 0 aliphatic heterocycles. The van der Waals surface area contributed by atoms with Crippen LogP contribution in [0.5, 0.6) is 0 Å². The number of urea groups is 1. The van der Waals surface area contributed by atoms with Crippen molar-refractivity contribution in [1.29, 1.82) is 5.41 Å². The lowest BCUT2D eigenvalue weighted by atomic mass is 10.1. The summed E-state index contributed by atoms with van der Waals surface area (Å²) in [6.45, 7) is 2.94. The van der Waals surface area contributed by atoms with E-state index >= 15 is 0 Å². The summed E-state index contributed by atoms with van der Waals surface area (Å²) in [6.07, 6.45) is 7.19. The Hall–Kier alpha value is -1.98. The molecule has 0 bridgehead atoms. The molecular weight excluding hydrogens is 256 g/mol. The summed E-state index contributed by atoms with van der Waals surface area (Å²) in [5, 5.41) is 10.2. The van der Waals surface area contributed by atoms with E-state index in [1.54, 1.807) is 12.1 Å². The fourth-order valence-corrected chi connectivity index (χ4v) is 1.84. The van der Waals surface area contributed by atoms with Crippen molar-refractivity contribution in [1.82, 2.24) is 10.2 Å². The summed E-state index contributed by atoms with van der Waals surface area (Å²) >= 11 is 0. The normalized spacial score (nSPS) is 10.2. The van der Waals surface area contributed by atoms with Crippen LogP contribution in [0.3, 0.4) is 0 Å². The number of amides is 2. The van der Waals surface area contributed by atoms with Crippen molar-refractivity contribution in [3.8, 4) is 0 Å². The average molecular weight is 280 g/mol. The summed E-state index contributed by atoms with van der Waals surface area (Å²) in [4.78, 5) is 13.1. The quantitative estimate of drug-likeness (QED) is 0.388. The molecule has 112 valence electrons. The highest BCUT2D eigenvalue weighted by molar-refractivity contribution is 5.93. The Morgan fingerprint density at radius 1 is 1.40 bits per heavy atom. The Morgan fingerprint density at radius 2 is 2.15 bits per heavy atom. The summed E-state index contributed by atoms with van der Waals surface area (Å²) < 4.78 is 5.16. The second kappa shape index (κ2) is 9.01. The third-order valence-corrected chi connectivity index (χ3v) is 2.99. The number of guanidine groups is 1. The predicted molar refractivity (Wildman–Crippen MR) is 78.3 cm³/mol. The van der Waals surface area contributed by atoms with Gasteiger partial charge in [-0.1, -0.05) is 32.6 Å². The van der Waals surface area contributed by atoms with Crippen molar-refractivity contribution in [2.45, 2.75) is 45.6 Å². The van der Waals surface area contributed by atoms with E-state index < -0.39 is 0 Å². The summed E-state index contributed by atoms with van der Waals surface area (Å²) in [5.74, 6) is 0.308. The van der Waals surface area contributed by atoms with Gasteiger partial charge >= 0.3 is 6.03 Å². The van der Waals surface area contributed by atoms with Gasteiger partial charge < -0.3 is 15.5 Å². The number of rotatable bonds is 8. The highest BCUT2D eigenvalue weighted by Crippen LogP contribution is 2.05. The van der Waals surface area contributed by atoms with Crippen molar-refractivity contribution in [2.24, 2.45) is 5.73 Å². The van der Waals surface area contributed by atoms with Gasteiger partial charge in [0.2, 0.25) is 0 Å². The van der Waals surface area contributed by atoms with Gasteiger partial charge in [-0.05, 0) is 18.6 Å². The zero-order valence-corrected chi connectivity index (χ0v) is 12.0. The SMILES string of the molecule is CCCCCCCNC(=O)N(Cc1ccco1)C(=N)N. The van der Waals surface area contributed by atoms with Crippen LogP contribution in [0, 0.1) is 5.41 Å². The molecule has 0 aliphatic rings. The van der Waals surface area contributed by atoms with Crippen LogP contribution in [0.1, 0.15) is 44.8 Å². The number of hydrogen-bond acceptors (Lipinski definition) is 3. The van der Waals surface area contributed by atoms with E-state index in [-0.39, 0.29) is 18.5 Å². The lowest BCUT2D eigenvalue weighted by Crippen LogP contribution is -2.46. The molecule has 1 aromatic heterocycles. The molecule has 0 fully saturated rings. The fraction of sp³-hybridized carbons (Fsp3) is 0.571. The van der Waals surface area contributed by atoms with Gasteiger partial charge in [0.1, 0.15) is 5.76 Å². The van der Waals surface area contributed by atoms with E-state index in [2.05, 4.69) is 12.2 Å². The highest BCUT2D eigenvalue weighted by atomic mass is 16.3. The largest absolute Gasteiger partial charge is 0.467 e. The molecular formula is C14H24N4O2. The van der Waals surface area contributed by atoms with Gasteiger partial charge in [0, 0.05) is 6.54 Å². The third-order valence-electron chi connectivity index (χ3n) is 2.99. The molecule has 0 saturated heterocycles. The average Bonchev–Trinajstić information content (AvgIpc) is 2.92. The second-order valence-corrected chi connectivity index (χ2v) is 4.70. The molecule has 0 atom stereocenters. The maximum absolute atomic E-state index is 12.0. The molecule has 0 unspecified atom stereocenters. The first kappa shape index (κ1) is 16.1. The number of carbonyl (C=O) groups is 1. The molecule has 4 N–H and O–H groups in total. The number of carbonyl (C=O) groups excluding carboxylic acids is 1. The lowest BCUT2D eigenvalue weighted by molar-refractivity contribution is 0.215. The van der Waals surface area contributed by atoms with Crippen molar-refractivity contribution < 1.29 is 9.21 Å². The Labute approximate surface area is 119 Å². The van der Waals surface area contributed by atoms with Gasteiger partial charge in [0.05, 0.1) is 12.8 Å². The molecule has 1 aromatic rings. The Balaban J connectivity index is 2.31. The molecule has 1 rings (SSSR count). The third kappa shape index (κ3) is 5.77. The van der Waals surface area contributed by atoms with Gasteiger partial charge in [-0.3, -0.25) is 10.3 Å². The molecule has 0 radical (unpaired) electrons. The zero-order valence-electron chi connectivity index (χ0n) is 12.0. The molecule has 6 nitrogen and oxygen atoms in total. The van der Waals surface area contributed by atoms with E-state index in [0.717, 1.165) is 17.7 Å². The molecule has 1 heterocycles. The maximum Gasteiger partial charge on any atom is 0.324 e. The predicted octanol–water partition coefficient (Wildman–Crippen LogP) is 2.66. The Kier molecular flexibility index (Phi) is 7.24. The van der Waals surface area contributed by atoms with Gasteiger partial charge in [0.15, 0.2) is 5.96 Å². The van der Waals surface area contributed by atoms with E-state index in [9.17, 15) is 4.79 Å². The number of furan rings is 1. The van der Waals surface area contributed by atoms with Crippen molar-refractivity contribution in [2.75, 3.05) is 6.54 Å². The smallest absolute Gasteiger partial charge is 0.324 e. The molecule has 0 aromatic carbocycles. The van der Waals surface area contributed by atoms with Gasteiger partial charge in [-0.15, -0.1) is 0 Å².